The highest BCUT2D eigenvalue weighted by molar-refractivity contribution is 5.84. The Balaban J connectivity index is 2.28. The topological polar surface area (TPSA) is 41.6 Å². The van der Waals surface area contributed by atoms with Crippen molar-refractivity contribution < 1.29 is 18.3 Å². The van der Waals surface area contributed by atoms with Crippen molar-refractivity contribution in [1.29, 1.82) is 0 Å². The average Bonchev–Trinajstić information content (AvgIpc) is 2.75. The summed E-state index contributed by atoms with van der Waals surface area (Å²) in [6.45, 7) is 1.29. The first-order chi connectivity index (χ1) is 9.56. The van der Waals surface area contributed by atoms with Crippen molar-refractivity contribution in [3.05, 3.63) is 29.8 Å². The van der Waals surface area contributed by atoms with Crippen molar-refractivity contribution in [3.63, 3.8) is 0 Å². The van der Waals surface area contributed by atoms with Gasteiger partial charge in [0, 0.05) is 0 Å². The molecule has 6 heteroatoms. The molecule has 1 aromatic rings. The van der Waals surface area contributed by atoms with Gasteiger partial charge in [0.05, 0.1) is 19.7 Å². The van der Waals surface area contributed by atoms with Gasteiger partial charge in [-0.1, -0.05) is 19.1 Å². The van der Waals surface area contributed by atoms with E-state index in [2.05, 4.69) is 5.32 Å². The molecule has 1 fully saturated rings. The third-order valence-corrected chi connectivity index (χ3v) is 3.40. The fourth-order valence-corrected chi connectivity index (χ4v) is 2.40. The van der Waals surface area contributed by atoms with E-state index in [1.165, 1.54) is 12.0 Å². The Morgan fingerprint density at radius 1 is 1.45 bits per heavy atom. The molecular formula is C14H18F2N2O2. The molecule has 2 rings (SSSR count). The first kappa shape index (κ1) is 14.7. The first-order valence-electron chi connectivity index (χ1n) is 6.55. The molecule has 2 atom stereocenters. The van der Waals surface area contributed by atoms with E-state index in [0.717, 1.165) is 5.56 Å². The Bertz CT molecular complexity index is 482. The molecule has 0 bridgehead atoms. The van der Waals surface area contributed by atoms with Gasteiger partial charge >= 0.3 is 0 Å². The number of hydrogen-bond acceptors (Lipinski definition) is 3. The Kier molecular flexibility index (Phi) is 4.54. The first-order valence-corrected chi connectivity index (χ1v) is 6.55. The second-order valence-electron chi connectivity index (χ2n) is 4.69. The van der Waals surface area contributed by atoms with Crippen LogP contribution in [0.25, 0.3) is 0 Å². The van der Waals surface area contributed by atoms with E-state index in [1.54, 1.807) is 24.3 Å². The number of nitrogens with one attached hydrogen (secondary N) is 1. The van der Waals surface area contributed by atoms with Crippen molar-refractivity contribution in [2.24, 2.45) is 0 Å². The largest absolute Gasteiger partial charge is 0.497 e. The summed E-state index contributed by atoms with van der Waals surface area (Å²) in [5.74, 6) is 0.356. The molecule has 0 aromatic heterocycles. The van der Waals surface area contributed by atoms with Crippen LogP contribution in [0, 0.1) is 0 Å². The summed E-state index contributed by atoms with van der Waals surface area (Å²) in [4.78, 5) is 13.3. The van der Waals surface area contributed by atoms with Crippen LogP contribution in [-0.2, 0) is 4.79 Å². The van der Waals surface area contributed by atoms with Crippen LogP contribution in [0.3, 0.4) is 0 Å². The lowest BCUT2D eigenvalue weighted by Crippen LogP contribution is -2.34. The highest BCUT2D eigenvalue weighted by Gasteiger charge is 2.39. The quantitative estimate of drug-likeness (QED) is 0.901. The molecule has 1 N–H and O–H groups in total. The van der Waals surface area contributed by atoms with Crippen LogP contribution in [0.5, 0.6) is 5.75 Å². The van der Waals surface area contributed by atoms with Gasteiger partial charge in [0.1, 0.15) is 11.9 Å². The third kappa shape index (κ3) is 2.90. The van der Waals surface area contributed by atoms with Crippen LogP contribution in [0.1, 0.15) is 25.1 Å². The number of methoxy groups -OCH3 is 1. The number of carbonyl (C=O) groups excluding carboxylic acids is 1. The Labute approximate surface area is 116 Å². The molecule has 2 unspecified atom stereocenters. The summed E-state index contributed by atoms with van der Waals surface area (Å²) in [5, 5.41) is 3.10. The predicted octanol–water partition coefficient (Wildman–Crippen LogP) is 2.17. The van der Waals surface area contributed by atoms with Crippen LogP contribution in [0.4, 0.5) is 8.78 Å². The van der Waals surface area contributed by atoms with Gasteiger partial charge in [-0.3, -0.25) is 10.1 Å². The van der Waals surface area contributed by atoms with Gasteiger partial charge in [-0.2, -0.15) is 0 Å². The van der Waals surface area contributed by atoms with Gasteiger partial charge in [-0.25, -0.2) is 8.78 Å². The molecule has 110 valence electrons. The zero-order valence-electron chi connectivity index (χ0n) is 11.5. The summed E-state index contributed by atoms with van der Waals surface area (Å²) < 4.78 is 30.5. The lowest BCUT2D eigenvalue weighted by Gasteiger charge is -2.24. The van der Waals surface area contributed by atoms with E-state index in [0.29, 0.717) is 12.2 Å². The van der Waals surface area contributed by atoms with Crippen LogP contribution < -0.4 is 10.1 Å². The van der Waals surface area contributed by atoms with E-state index in [4.69, 9.17) is 4.74 Å². The number of amides is 1. The molecule has 1 aliphatic rings. The van der Waals surface area contributed by atoms with Crippen LogP contribution in [0.15, 0.2) is 24.3 Å². The third-order valence-electron chi connectivity index (χ3n) is 3.40. The van der Waals surface area contributed by atoms with Crippen molar-refractivity contribution in [2.45, 2.75) is 32.0 Å². The van der Waals surface area contributed by atoms with Crippen molar-refractivity contribution in [3.8, 4) is 5.75 Å². The number of hydrogen-bond donors (Lipinski definition) is 1. The van der Waals surface area contributed by atoms with Gasteiger partial charge in [0.2, 0.25) is 5.91 Å². The zero-order valence-corrected chi connectivity index (χ0v) is 11.5. The minimum Gasteiger partial charge on any atom is -0.497 e. The molecule has 0 spiro atoms. The number of nitrogens with zero attached hydrogens (tertiary/aromatic N) is 1. The highest BCUT2D eigenvalue weighted by Crippen LogP contribution is 2.29. The maximum atomic E-state index is 12.7. The molecule has 0 saturated carbocycles. The van der Waals surface area contributed by atoms with E-state index in [1.807, 2.05) is 6.92 Å². The maximum Gasteiger partial charge on any atom is 0.255 e. The summed E-state index contributed by atoms with van der Waals surface area (Å²) in [7, 11) is 1.54. The normalized spacial score (nSPS) is 22.6. The predicted molar refractivity (Wildman–Crippen MR) is 70.7 cm³/mol. The fraction of sp³-hybridized carbons (Fsp3) is 0.500. The Morgan fingerprint density at radius 2 is 2.20 bits per heavy atom. The summed E-state index contributed by atoms with van der Waals surface area (Å²) in [6.07, 6.45) is -2.51. The summed E-state index contributed by atoms with van der Waals surface area (Å²) >= 11 is 0. The van der Waals surface area contributed by atoms with E-state index in [9.17, 15) is 13.6 Å². The number of carbonyl (C=O) groups is 1. The molecule has 1 amide bonds. The molecule has 20 heavy (non-hydrogen) atoms. The standard InChI is InChI=1S/C14H18F2N2O2/c1-3-11-14(19)18(8-12(15)16)13(17-11)9-5-4-6-10(7-9)20-2/h4-7,11-13,17H,3,8H2,1-2H3. The number of ether oxygens (including phenoxy) is 1. The second kappa shape index (κ2) is 6.17. The Hall–Kier alpha value is -1.69. The van der Waals surface area contributed by atoms with Crippen molar-refractivity contribution in [1.82, 2.24) is 10.2 Å². The number of halogens is 2. The van der Waals surface area contributed by atoms with Gasteiger partial charge < -0.3 is 9.64 Å². The lowest BCUT2D eigenvalue weighted by atomic mass is 10.1. The number of benzene rings is 1. The monoisotopic (exact) mass is 284 g/mol. The van der Waals surface area contributed by atoms with E-state index in [-0.39, 0.29) is 5.91 Å². The number of alkyl halides is 2. The average molecular weight is 284 g/mol. The van der Waals surface area contributed by atoms with Crippen LogP contribution >= 0.6 is 0 Å². The molecule has 1 heterocycles. The highest BCUT2D eigenvalue weighted by atomic mass is 19.3. The van der Waals surface area contributed by atoms with Crippen LogP contribution in [-0.4, -0.2) is 36.9 Å². The van der Waals surface area contributed by atoms with Gasteiger partial charge in [0.25, 0.3) is 6.43 Å². The zero-order chi connectivity index (χ0) is 14.7. The lowest BCUT2D eigenvalue weighted by molar-refractivity contribution is -0.132. The fourth-order valence-electron chi connectivity index (χ4n) is 2.40. The number of rotatable bonds is 5. The molecule has 1 aromatic carbocycles. The summed E-state index contributed by atoms with van der Waals surface area (Å²) in [6, 6.07) is 6.69. The minimum absolute atomic E-state index is 0.277. The second-order valence-corrected chi connectivity index (χ2v) is 4.69. The molecule has 0 aliphatic carbocycles. The van der Waals surface area contributed by atoms with Gasteiger partial charge in [0.15, 0.2) is 0 Å². The Morgan fingerprint density at radius 3 is 2.80 bits per heavy atom. The maximum absolute atomic E-state index is 12.7. The van der Waals surface area contributed by atoms with E-state index >= 15 is 0 Å². The van der Waals surface area contributed by atoms with Crippen molar-refractivity contribution >= 4 is 5.91 Å². The molecule has 1 saturated heterocycles. The molecular weight excluding hydrogens is 266 g/mol. The van der Waals surface area contributed by atoms with Crippen LogP contribution in [0.2, 0.25) is 0 Å². The van der Waals surface area contributed by atoms with E-state index < -0.39 is 25.2 Å². The summed E-state index contributed by atoms with van der Waals surface area (Å²) in [5.41, 5.74) is 0.745. The molecule has 0 radical (unpaired) electrons. The smallest absolute Gasteiger partial charge is 0.255 e. The molecule has 4 nitrogen and oxygen atoms in total. The SMILES string of the molecule is CCC1NC(c2cccc(OC)c2)N(CC(F)F)C1=O. The van der Waals surface area contributed by atoms with Crippen molar-refractivity contribution in [2.75, 3.05) is 13.7 Å². The van der Waals surface area contributed by atoms with Gasteiger partial charge in [-0.05, 0) is 24.1 Å². The minimum atomic E-state index is -2.55. The molecule has 1 aliphatic heterocycles. The van der Waals surface area contributed by atoms with Gasteiger partial charge in [-0.15, -0.1) is 0 Å².